The predicted molar refractivity (Wildman–Crippen MR) is 77.3 cm³/mol. The number of ether oxygens (including phenoxy) is 1. The molecular weight excluding hydrogens is 252 g/mol. The van der Waals surface area contributed by atoms with Gasteiger partial charge < -0.3 is 9.64 Å². The Hall–Kier alpha value is -2.36. The van der Waals surface area contributed by atoms with E-state index in [-0.39, 0.29) is 5.91 Å². The van der Waals surface area contributed by atoms with Crippen molar-refractivity contribution in [3.05, 3.63) is 60.4 Å². The van der Waals surface area contributed by atoms with Crippen molar-refractivity contribution < 1.29 is 9.53 Å². The van der Waals surface area contributed by atoms with E-state index in [0.717, 1.165) is 11.3 Å². The van der Waals surface area contributed by atoms with Crippen LogP contribution in [0.4, 0.5) is 0 Å². The first-order valence-electron chi connectivity index (χ1n) is 6.56. The van der Waals surface area contributed by atoms with Crippen LogP contribution in [-0.4, -0.2) is 29.4 Å². The standard InChI is InChI=1S/C16H18N2O2/c1-18(13-14-7-10-17-11-8-14)16(19)9-12-20-15-5-3-2-4-6-15/h2-8,10-11H,9,12-13H2,1H3. The lowest BCUT2D eigenvalue weighted by Gasteiger charge is -2.17. The molecule has 0 spiro atoms. The van der Waals surface area contributed by atoms with E-state index in [4.69, 9.17) is 4.74 Å². The normalized spacial score (nSPS) is 10.1. The lowest BCUT2D eigenvalue weighted by Crippen LogP contribution is -2.27. The zero-order chi connectivity index (χ0) is 14.2. The number of hydrogen-bond acceptors (Lipinski definition) is 3. The van der Waals surface area contributed by atoms with Gasteiger partial charge in [0.2, 0.25) is 5.91 Å². The van der Waals surface area contributed by atoms with E-state index in [2.05, 4.69) is 4.98 Å². The molecule has 0 aliphatic carbocycles. The molecule has 20 heavy (non-hydrogen) atoms. The van der Waals surface area contributed by atoms with Gasteiger partial charge in [0, 0.05) is 26.0 Å². The van der Waals surface area contributed by atoms with Crippen LogP contribution in [0.5, 0.6) is 5.75 Å². The fourth-order valence-corrected chi connectivity index (χ4v) is 1.81. The number of amides is 1. The average Bonchev–Trinajstić information content (AvgIpc) is 2.49. The smallest absolute Gasteiger partial charge is 0.226 e. The van der Waals surface area contributed by atoms with Gasteiger partial charge in [-0.15, -0.1) is 0 Å². The molecule has 2 aromatic rings. The Morgan fingerprint density at radius 2 is 1.85 bits per heavy atom. The minimum Gasteiger partial charge on any atom is -0.493 e. The van der Waals surface area contributed by atoms with Crippen molar-refractivity contribution in [2.45, 2.75) is 13.0 Å². The maximum absolute atomic E-state index is 12.0. The molecule has 4 heteroatoms. The highest BCUT2D eigenvalue weighted by Gasteiger charge is 2.09. The molecule has 1 amide bonds. The summed E-state index contributed by atoms with van der Waals surface area (Å²) in [6, 6.07) is 13.3. The summed E-state index contributed by atoms with van der Waals surface area (Å²) in [7, 11) is 1.80. The maximum Gasteiger partial charge on any atom is 0.226 e. The van der Waals surface area contributed by atoms with E-state index in [9.17, 15) is 4.79 Å². The summed E-state index contributed by atoms with van der Waals surface area (Å²) in [6.45, 7) is 0.982. The van der Waals surface area contributed by atoms with E-state index < -0.39 is 0 Å². The highest BCUT2D eigenvalue weighted by molar-refractivity contribution is 5.76. The number of carbonyl (C=O) groups excluding carboxylic acids is 1. The van der Waals surface area contributed by atoms with Gasteiger partial charge in [0.25, 0.3) is 0 Å². The Morgan fingerprint density at radius 1 is 1.15 bits per heavy atom. The number of para-hydroxylation sites is 1. The largest absolute Gasteiger partial charge is 0.493 e. The molecule has 0 aliphatic rings. The molecule has 0 radical (unpaired) electrons. The van der Waals surface area contributed by atoms with Gasteiger partial charge >= 0.3 is 0 Å². The number of rotatable bonds is 6. The van der Waals surface area contributed by atoms with Crippen molar-refractivity contribution >= 4 is 5.91 Å². The number of hydrogen-bond donors (Lipinski definition) is 0. The zero-order valence-electron chi connectivity index (χ0n) is 11.5. The van der Waals surface area contributed by atoms with Crippen molar-refractivity contribution in [3.8, 4) is 5.75 Å². The summed E-state index contributed by atoms with van der Waals surface area (Å²) >= 11 is 0. The molecular formula is C16H18N2O2. The van der Waals surface area contributed by atoms with Crippen LogP contribution >= 0.6 is 0 Å². The third-order valence-corrected chi connectivity index (χ3v) is 2.92. The monoisotopic (exact) mass is 270 g/mol. The highest BCUT2D eigenvalue weighted by Crippen LogP contribution is 2.09. The zero-order valence-corrected chi connectivity index (χ0v) is 11.5. The summed E-state index contributed by atoms with van der Waals surface area (Å²) in [5.41, 5.74) is 1.07. The van der Waals surface area contributed by atoms with Crippen molar-refractivity contribution in [3.63, 3.8) is 0 Å². The Kier molecular flexibility index (Phi) is 5.12. The molecule has 0 N–H and O–H groups in total. The van der Waals surface area contributed by atoms with Crippen LogP contribution < -0.4 is 4.74 Å². The lowest BCUT2D eigenvalue weighted by atomic mass is 10.2. The Balaban J connectivity index is 1.74. The van der Waals surface area contributed by atoms with E-state index in [1.165, 1.54) is 0 Å². The maximum atomic E-state index is 12.0. The van der Waals surface area contributed by atoms with E-state index in [0.29, 0.717) is 19.6 Å². The summed E-state index contributed by atoms with van der Waals surface area (Å²) in [5.74, 6) is 0.856. The number of carbonyl (C=O) groups is 1. The summed E-state index contributed by atoms with van der Waals surface area (Å²) in [5, 5.41) is 0. The van der Waals surface area contributed by atoms with Gasteiger partial charge in [-0.2, -0.15) is 0 Å². The number of benzene rings is 1. The van der Waals surface area contributed by atoms with Crippen LogP contribution in [0, 0.1) is 0 Å². The van der Waals surface area contributed by atoms with Gasteiger partial charge in [-0.1, -0.05) is 18.2 Å². The van der Waals surface area contributed by atoms with Gasteiger partial charge in [-0.3, -0.25) is 9.78 Å². The molecule has 1 aromatic heterocycles. The van der Waals surface area contributed by atoms with Gasteiger partial charge in [-0.05, 0) is 29.8 Å². The van der Waals surface area contributed by atoms with E-state index in [1.807, 2.05) is 42.5 Å². The van der Waals surface area contributed by atoms with Gasteiger partial charge in [-0.25, -0.2) is 0 Å². The summed E-state index contributed by atoms with van der Waals surface area (Å²) in [4.78, 5) is 17.6. The molecule has 0 saturated heterocycles. The first-order chi connectivity index (χ1) is 9.75. The van der Waals surface area contributed by atoms with Crippen LogP contribution in [0.1, 0.15) is 12.0 Å². The molecule has 0 saturated carbocycles. The van der Waals surface area contributed by atoms with Crippen LogP contribution in [-0.2, 0) is 11.3 Å². The molecule has 1 aromatic carbocycles. The Morgan fingerprint density at radius 3 is 2.55 bits per heavy atom. The van der Waals surface area contributed by atoms with Gasteiger partial charge in [0.15, 0.2) is 0 Å². The molecule has 0 bridgehead atoms. The average molecular weight is 270 g/mol. The first-order valence-corrected chi connectivity index (χ1v) is 6.56. The van der Waals surface area contributed by atoms with Crippen LogP contribution in [0.15, 0.2) is 54.9 Å². The second-order valence-electron chi connectivity index (χ2n) is 4.52. The topological polar surface area (TPSA) is 42.4 Å². The van der Waals surface area contributed by atoms with Gasteiger partial charge in [0.1, 0.15) is 5.75 Å². The second kappa shape index (κ2) is 7.28. The summed E-state index contributed by atoms with van der Waals surface area (Å²) in [6.07, 6.45) is 3.83. The highest BCUT2D eigenvalue weighted by atomic mass is 16.5. The first kappa shape index (κ1) is 14.1. The molecule has 4 nitrogen and oxygen atoms in total. The van der Waals surface area contributed by atoms with Crippen LogP contribution in [0.3, 0.4) is 0 Å². The minimum atomic E-state index is 0.0674. The minimum absolute atomic E-state index is 0.0674. The molecule has 0 atom stereocenters. The van der Waals surface area contributed by atoms with Crippen molar-refractivity contribution in [1.82, 2.24) is 9.88 Å². The third kappa shape index (κ3) is 4.39. The second-order valence-corrected chi connectivity index (χ2v) is 4.52. The molecule has 104 valence electrons. The SMILES string of the molecule is CN(Cc1ccncc1)C(=O)CCOc1ccccc1. The molecule has 0 aliphatic heterocycles. The van der Waals surface area contributed by atoms with Crippen LogP contribution in [0.2, 0.25) is 0 Å². The predicted octanol–water partition coefficient (Wildman–Crippen LogP) is 2.51. The fourth-order valence-electron chi connectivity index (χ4n) is 1.81. The molecule has 1 heterocycles. The van der Waals surface area contributed by atoms with Crippen molar-refractivity contribution in [1.29, 1.82) is 0 Å². The van der Waals surface area contributed by atoms with Crippen LogP contribution in [0.25, 0.3) is 0 Å². The van der Waals surface area contributed by atoms with E-state index >= 15 is 0 Å². The Labute approximate surface area is 119 Å². The van der Waals surface area contributed by atoms with E-state index in [1.54, 1.807) is 24.3 Å². The fraction of sp³-hybridized carbons (Fsp3) is 0.250. The number of aromatic nitrogens is 1. The molecule has 0 fully saturated rings. The lowest BCUT2D eigenvalue weighted by molar-refractivity contribution is -0.130. The summed E-state index contributed by atoms with van der Waals surface area (Å²) < 4.78 is 5.52. The molecule has 0 unspecified atom stereocenters. The number of pyridine rings is 1. The van der Waals surface area contributed by atoms with Gasteiger partial charge in [0.05, 0.1) is 13.0 Å². The Bertz CT molecular complexity index is 529. The quantitative estimate of drug-likeness (QED) is 0.810. The number of nitrogens with zero attached hydrogens (tertiary/aromatic N) is 2. The molecule has 2 rings (SSSR count). The van der Waals surface area contributed by atoms with Crippen molar-refractivity contribution in [2.75, 3.05) is 13.7 Å². The van der Waals surface area contributed by atoms with Crippen molar-refractivity contribution in [2.24, 2.45) is 0 Å². The third-order valence-electron chi connectivity index (χ3n) is 2.92.